The molecule has 3 atom stereocenters. The van der Waals surface area contributed by atoms with Crippen molar-refractivity contribution in [3.63, 3.8) is 0 Å². The van der Waals surface area contributed by atoms with Crippen molar-refractivity contribution in [2.75, 3.05) is 7.11 Å². The van der Waals surface area contributed by atoms with Crippen molar-refractivity contribution in [1.82, 2.24) is 4.98 Å². The molecule has 0 amide bonds. The largest absolute Gasteiger partial charge is 0.496 e. The van der Waals surface area contributed by atoms with Crippen molar-refractivity contribution in [2.24, 2.45) is 10.9 Å². The van der Waals surface area contributed by atoms with E-state index in [2.05, 4.69) is 9.98 Å². The number of nitrogens with one attached hydrogen (secondary N) is 1. The molecule has 33 heavy (non-hydrogen) atoms. The minimum atomic E-state index is -4.97. The summed E-state index contributed by atoms with van der Waals surface area (Å²) in [4.78, 5) is 18.2. The number of pyridine rings is 1. The summed E-state index contributed by atoms with van der Waals surface area (Å²) in [6, 6.07) is 12.8. The van der Waals surface area contributed by atoms with Gasteiger partial charge in [-0.2, -0.15) is 13.2 Å². The van der Waals surface area contributed by atoms with Gasteiger partial charge in [-0.15, -0.1) is 0 Å². The number of halogens is 3. The lowest BCUT2D eigenvalue weighted by molar-refractivity contribution is -0.246. The SMILES string of the molecule is CCc1cccc(C(C)C(C)C(O)(/C=N/c2cccc3[nH]c(=O)ccc23)C(F)(F)F)c1OC. The second-order valence-electron chi connectivity index (χ2n) is 8.11. The molecular formula is C25H27F3N2O3. The van der Waals surface area contributed by atoms with E-state index in [1.54, 1.807) is 31.2 Å². The molecule has 176 valence electrons. The quantitative estimate of drug-likeness (QED) is 0.455. The van der Waals surface area contributed by atoms with Gasteiger partial charge in [0.25, 0.3) is 0 Å². The first-order valence-corrected chi connectivity index (χ1v) is 10.7. The molecule has 3 aromatic rings. The molecule has 0 fully saturated rings. The van der Waals surface area contributed by atoms with Crippen LogP contribution in [0.15, 0.2) is 58.3 Å². The van der Waals surface area contributed by atoms with E-state index in [1.807, 2.05) is 13.0 Å². The normalized spacial score (nSPS) is 16.0. The van der Waals surface area contributed by atoms with Crippen LogP contribution >= 0.6 is 0 Å². The molecule has 3 unspecified atom stereocenters. The lowest BCUT2D eigenvalue weighted by Gasteiger charge is -2.36. The van der Waals surface area contributed by atoms with Gasteiger partial charge in [0.05, 0.1) is 18.3 Å². The molecular weight excluding hydrogens is 433 g/mol. The second-order valence-corrected chi connectivity index (χ2v) is 8.11. The number of aliphatic imine (C=N–C) groups is 1. The van der Waals surface area contributed by atoms with Crippen LogP contribution in [0.25, 0.3) is 10.9 Å². The summed E-state index contributed by atoms with van der Waals surface area (Å²) in [5, 5.41) is 11.4. The predicted octanol–water partition coefficient (Wildman–Crippen LogP) is 5.53. The van der Waals surface area contributed by atoms with Crippen molar-refractivity contribution in [3.8, 4) is 5.75 Å². The number of alkyl halides is 3. The number of hydrogen-bond donors (Lipinski definition) is 2. The minimum absolute atomic E-state index is 0.205. The molecule has 0 aliphatic heterocycles. The Bertz CT molecular complexity index is 1220. The van der Waals surface area contributed by atoms with Crippen LogP contribution in [0.2, 0.25) is 0 Å². The van der Waals surface area contributed by atoms with Gasteiger partial charge < -0.3 is 14.8 Å². The monoisotopic (exact) mass is 460 g/mol. The highest BCUT2D eigenvalue weighted by Gasteiger charge is 2.57. The second kappa shape index (κ2) is 9.39. The van der Waals surface area contributed by atoms with Gasteiger partial charge in [-0.1, -0.05) is 45.0 Å². The Hall–Kier alpha value is -3.13. The molecule has 1 aromatic heterocycles. The van der Waals surface area contributed by atoms with Crippen LogP contribution in [0.5, 0.6) is 5.75 Å². The number of methoxy groups -OCH3 is 1. The van der Waals surface area contributed by atoms with Gasteiger partial charge in [0.1, 0.15) is 5.75 Å². The summed E-state index contributed by atoms with van der Waals surface area (Å²) in [6.45, 7) is 4.92. The molecule has 0 aliphatic carbocycles. The molecule has 0 saturated heterocycles. The van der Waals surface area contributed by atoms with E-state index < -0.39 is 23.6 Å². The summed E-state index contributed by atoms with van der Waals surface area (Å²) >= 11 is 0. The fourth-order valence-electron chi connectivity index (χ4n) is 4.04. The number of H-pyrrole nitrogens is 1. The van der Waals surface area contributed by atoms with Gasteiger partial charge >= 0.3 is 6.18 Å². The van der Waals surface area contributed by atoms with E-state index in [-0.39, 0.29) is 11.2 Å². The maximum absolute atomic E-state index is 14.2. The van der Waals surface area contributed by atoms with Gasteiger partial charge in [-0.3, -0.25) is 9.79 Å². The van der Waals surface area contributed by atoms with Gasteiger partial charge in [0.15, 0.2) is 5.60 Å². The predicted molar refractivity (Wildman–Crippen MR) is 124 cm³/mol. The molecule has 0 saturated carbocycles. The molecule has 0 spiro atoms. The van der Waals surface area contributed by atoms with Crippen LogP contribution in [0.3, 0.4) is 0 Å². The van der Waals surface area contributed by atoms with Crippen LogP contribution in [-0.4, -0.2) is 35.2 Å². The third-order valence-corrected chi connectivity index (χ3v) is 6.24. The van der Waals surface area contributed by atoms with E-state index >= 15 is 0 Å². The van der Waals surface area contributed by atoms with E-state index in [4.69, 9.17) is 4.74 Å². The third kappa shape index (κ3) is 4.66. The number of aromatic nitrogens is 1. The van der Waals surface area contributed by atoms with Crippen LogP contribution < -0.4 is 10.3 Å². The average molecular weight is 460 g/mol. The lowest BCUT2D eigenvalue weighted by Crippen LogP contribution is -2.53. The van der Waals surface area contributed by atoms with Gasteiger partial charge in [-0.05, 0) is 41.7 Å². The summed E-state index contributed by atoms with van der Waals surface area (Å²) in [7, 11) is 1.48. The first-order valence-electron chi connectivity index (χ1n) is 10.7. The molecule has 1 heterocycles. The Labute approximate surface area is 190 Å². The summed E-state index contributed by atoms with van der Waals surface area (Å²) < 4.78 is 48.1. The number of aryl methyl sites for hydroxylation is 1. The maximum Gasteiger partial charge on any atom is 0.422 e. The summed E-state index contributed by atoms with van der Waals surface area (Å²) in [5.74, 6) is -1.45. The summed E-state index contributed by atoms with van der Waals surface area (Å²) in [6.07, 6.45) is -3.75. The Morgan fingerprint density at radius 3 is 2.45 bits per heavy atom. The Morgan fingerprint density at radius 1 is 1.12 bits per heavy atom. The van der Waals surface area contributed by atoms with Crippen molar-refractivity contribution in [2.45, 2.75) is 44.9 Å². The number of benzene rings is 2. The maximum atomic E-state index is 14.2. The standard InChI is InChI=1S/C25H27F3N2O3/c1-5-17-8-6-9-18(23(17)33-4)15(2)16(3)24(32,25(26,27)28)14-29-20-10-7-11-21-19(20)12-13-22(31)30-21/h6-16,32H,5H2,1-4H3,(H,30,31)/b29-14+. The Balaban J connectivity index is 2.06. The number of fused-ring (bicyclic) bond motifs is 1. The zero-order valence-corrected chi connectivity index (χ0v) is 18.9. The highest BCUT2D eigenvalue weighted by molar-refractivity contribution is 5.91. The minimum Gasteiger partial charge on any atom is -0.496 e. The van der Waals surface area contributed by atoms with Crippen LogP contribution in [0, 0.1) is 5.92 Å². The molecule has 0 aliphatic rings. The highest BCUT2D eigenvalue weighted by Crippen LogP contribution is 2.44. The van der Waals surface area contributed by atoms with Crippen molar-refractivity contribution in [3.05, 3.63) is 70.0 Å². The van der Waals surface area contributed by atoms with E-state index in [0.29, 0.717) is 34.9 Å². The topological polar surface area (TPSA) is 74.7 Å². The van der Waals surface area contributed by atoms with Crippen molar-refractivity contribution < 1.29 is 23.0 Å². The average Bonchev–Trinajstić information content (AvgIpc) is 2.79. The molecule has 2 aromatic carbocycles. The number of para-hydroxylation sites is 1. The fraction of sp³-hybridized carbons (Fsp3) is 0.360. The molecule has 5 nitrogen and oxygen atoms in total. The zero-order chi connectivity index (χ0) is 24.4. The molecule has 0 bridgehead atoms. The lowest BCUT2D eigenvalue weighted by atomic mass is 9.76. The summed E-state index contributed by atoms with van der Waals surface area (Å²) in [5.41, 5.74) is -1.43. The van der Waals surface area contributed by atoms with Crippen LogP contribution in [-0.2, 0) is 6.42 Å². The van der Waals surface area contributed by atoms with Crippen LogP contribution in [0.4, 0.5) is 18.9 Å². The van der Waals surface area contributed by atoms with E-state index in [9.17, 15) is 23.1 Å². The first-order chi connectivity index (χ1) is 15.5. The van der Waals surface area contributed by atoms with Gasteiger partial charge in [-0.25, -0.2) is 0 Å². The molecule has 2 N–H and O–H groups in total. The number of aromatic amines is 1. The number of rotatable bonds is 7. The fourth-order valence-corrected chi connectivity index (χ4v) is 4.04. The Morgan fingerprint density at radius 2 is 1.82 bits per heavy atom. The van der Waals surface area contributed by atoms with Gasteiger partial charge in [0.2, 0.25) is 5.56 Å². The van der Waals surface area contributed by atoms with E-state index in [1.165, 1.54) is 32.2 Å². The van der Waals surface area contributed by atoms with Gasteiger partial charge in [0, 0.05) is 23.6 Å². The molecule has 3 rings (SSSR count). The van der Waals surface area contributed by atoms with Crippen LogP contribution in [0.1, 0.15) is 37.8 Å². The number of nitrogens with zero attached hydrogens (tertiary/aromatic N) is 1. The number of aliphatic hydroxyl groups is 1. The smallest absolute Gasteiger partial charge is 0.422 e. The van der Waals surface area contributed by atoms with Crippen molar-refractivity contribution in [1.29, 1.82) is 0 Å². The number of ether oxygens (including phenoxy) is 1. The number of hydrogen-bond acceptors (Lipinski definition) is 4. The first kappa shape index (κ1) is 24.5. The third-order valence-electron chi connectivity index (χ3n) is 6.24. The Kier molecular flexibility index (Phi) is 6.97. The van der Waals surface area contributed by atoms with E-state index in [0.717, 1.165) is 5.56 Å². The molecule has 0 radical (unpaired) electrons. The van der Waals surface area contributed by atoms with Crippen molar-refractivity contribution >= 4 is 22.8 Å². The molecule has 8 heteroatoms. The highest BCUT2D eigenvalue weighted by atomic mass is 19.4. The zero-order valence-electron chi connectivity index (χ0n) is 18.9.